The molecule has 0 bridgehead atoms. The molecule has 0 saturated carbocycles. The van der Waals surface area contributed by atoms with Gasteiger partial charge in [0, 0.05) is 53.6 Å². The van der Waals surface area contributed by atoms with Crippen LogP contribution in [0.5, 0.6) is 0 Å². The van der Waals surface area contributed by atoms with Crippen LogP contribution in [0.4, 0.5) is 5.69 Å². The normalized spacial score (nSPS) is 10.7. The maximum Gasteiger partial charge on any atom is 0.253 e. The number of carbonyl (C=O) groups is 1. The number of hydrogen-bond donors (Lipinski definition) is 3. The fraction of sp³-hybridized carbons (Fsp3) is 0.304. The first kappa shape index (κ1) is 21.2. The number of hydrogen-bond acceptors (Lipinski definition) is 5. The van der Waals surface area contributed by atoms with Gasteiger partial charge in [-0.25, -0.2) is 9.97 Å². The number of carbonyl (C=O) groups excluding carboxylic acids is 1. The van der Waals surface area contributed by atoms with Crippen molar-refractivity contribution in [2.75, 3.05) is 11.9 Å². The molecule has 0 aliphatic rings. The second-order valence-corrected chi connectivity index (χ2v) is 7.37. The lowest BCUT2D eigenvalue weighted by atomic mass is 9.98. The van der Waals surface area contributed by atoms with Gasteiger partial charge in [0.05, 0.1) is 0 Å². The van der Waals surface area contributed by atoms with E-state index >= 15 is 0 Å². The van der Waals surface area contributed by atoms with Crippen molar-refractivity contribution >= 4 is 11.6 Å². The molecule has 0 aliphatic heterocycles. The van der Waals surface area contributed by atoms with E-state index in [0.717, 1.165) is 40.2 Å². The number of nitrogens with one attached hydrogen (secondary N) is 3. The quantitative estimate of drug-likeness (QED) is 0.583. The number of pyridine rings is 1. The van der Waals surface area contributed by atoms with Crippen molar-refractivity contribution in [3.8, 4) is 11.1 Å². The zero-order chi connectivity index (χ0) is 21.8. The Morgan fingerprint density at radius 1 is 1.03 bits per heavy atom. The molecule has 2 aromatic heterocycles. The minimum Gasteiger partial charge on any atom is -0.385 e. The zero-order valence-electron chi connectivity index (χ0n) is 18.0. The second kappa shape index (κ2) is 8.90. The van der Waals surface area contributed by atoms with Crippen molar-refractivity contribution in [3.63, 3.8) is 0 Å². The highest BCUT2D eigenvalue weighted by Crippen LogP contribution is 2.28. The molecule has 30 heavy (non-hydrogen) atoms. The molecule has 1 amide bonds. The van der Waals surface area contributed by atoms with E-state index in [4.69, 9.17) is 0 Å². The van der Waals surface area contributed by atoms with Crippen LogP contribution in [0.1, 0.15) is 45.5 Å². The molecule has 2 heterocycles. The van der Waals surface area contributed by atoms with Gasteiger partial charge in [0.2, 0.25) is 0 Å². The van der Waals surface area contributed by atoms with Crippen molar-refractivity contribution in [2.45, 2.75) is 41.2 Å². The number of benzene rings is 1. The number of aryl methyl sites for hydroxylation is 3. The highest BCUT2D eigenvalue weighted by atomic mass is 16.1. The monoisotopic (exact) mass is 405 g/mol. The van der Waals surface area contributed by atoms with E-state index in [9.17, 15) is 9.59 Å². The van der Waals surface area contributed by atoms with Gasteiger partial charge in [-0.1, -0.05) is 0 Å². The Bertz CT molecular complexity index is 1130. The van der Waals surface area contributed by atoms with Crippen LogP contribution in [-0.2, 0) is 6.54 Å². The predicted octanol–water partition coefficient (Wildman–Crippen LogP) is 3.43. The van der Waals surface area contributed by atoms with Crippen molar-refractivity contribution in [2.24, 2.45) is 0 Å². The number of amides is 1. The number of aromatic nitrogens is 3. The SMILES string of the molecule is CCNc1cc(-c2cnc(C)nc2)cc(C(=O)NCc2c(C)cc(C)[nH]c2=O)c1C. The first-order valence-corrected chi connectivity index (χ1v) is 9.95. The molecule has 0 unspecified atom stereocenters. The van der Waals surface area contributed by atoms with E-state index < -0.39 is 0 Å². The van der Waals surface area contributed by atoms with Crippen molar-refractivity contribution < 1.29 is 4.79 Å². The third-order valence-corrected chi connectivity index (χ3v) is 5.05. The summed E-state index contributed by atoms with van der Waals surface area (Å²) in [7, 11) is 0. The molecule has 3 rings (SSSR count). The van der Waals surface area contributed by atoms with Crippen LogP contribution in [0.25, 0.3) is 11.1 Å². The van der Waals surface area contributed by atoms with E-state index in [1.54, 1.807) is 12.4 Å². The molecule has 7 heteroatoms. The topological polar surface area (TPSA) is 99.8 Å². The van der Waals surface area contributed by atoms with Crippen molar-refractivity contribution in [1.29, 1.82) is 0 Å². The highest BCUT2D eigenvalue weighted by molar-refractivity contribution is 5.98. The van der Waals surface area contributed by atoms with Gasteiger partial charge in [0.15, 0.2) is 0 Å². The summed E-state index contributed by atoms with van der Waals surface area (Å²) in [6.07, 6.45) is 3.50. The Hall–Kier alpha value is -3.48. The summed E-state index contributed by atoms with van der Waals surface area (Å²) < 4.78 is 0. The van der Waals surface area contributed by atoms with Crippen molar-refractivity contribution in [1.82, 2.24) is 20.3 Å². The predicted molar refractivity (Wildman–Crippen MR) is 119 cm³/mol. The number of aromatic amines is 1. The van der Waals surface area contributed by atoms with Crippen LogP contribution in [0.3, 0.4) is 0 Å². The summed E-state index contributed by atoms with van der Waals surface area (Å²) in [6, 6.07) is 5.74. The fourth-order valence-corrected chi connectivity index (χ4v) is 3.40. The van der Waals surface area contributed by atoms with Gasteiger partial charge in [-0.05, 0) is 69.5 Å². The summed E-state index contributed by atoms with van der Waals surface area (Å²) >= 11 is 0. The summed E-state index contributed by atoms with van der Waals surface area (Å²) in [6.45, 7) is 10.3. The average Bonchev–Trinajstić information content (AvgIpc) is 2.69. The minimum absolute atomic E-state index is 0.161. The van der Waals surface area contributed by atoms with Gasteiger partial charge in [-0.2, -0.15) is 0 Å². The molecule has 7 nitrogen and oxygen atoms in total. The van der Waals surface area contributed by atoms with Gasteiger partial charge in [-0.3, -0.25) is 9.59 Å². The second-order valence-electron chi connectivity index (χ2n) is 7.37. The Morgan fingerprint density at radius 3 is 2.37 bits per heavy atom. The van der Waals surface area contributed by atoms with Crippen LogP contribution < -0.4 is 16.2 Å². The van der Waals surface area contributed by atoms with E-state index in [0.29, 0.717) is 17.0 Å². The molecule has 0 spiro atoms. The molecule has 3 aromatic rings. The van der Waals surface area contributed by atoms with Gasteiger partial charge in [-0.15, -0.1) is 0 Å². The van der Waals surface area contributed by atoms with Gasteiger partial charge in [0.1, 0.15) is 5.82 Å². The number of H-pyrrole nitrogens is 1. The van der Waals surface area contributed by atoms with E-state index in [1.165, 1.54) is 0 Å². The highest BCUT2D eigenvalue weighted by Gasteiger charge is 2.16. The number of nitrogens with zero attached hydrogens (tertiary/aromatic N) is 2. The molecule has 0 atom stereocenters. The Labute approximate surface area is 176 Å². The van der Waals surface area contributed by atoms with Crippen LogP contribution in [0.15, 0.2) is 35.4 Å². The van der Waals surface area contributed by atoms with Crippen LogP contribution in [0, 0.1) is 27.7 Å². The third kappa shape index (κ3) is 4.56. The Balaban J connectivity index is 1.94. The minimum atomic E-state index is -0.235. The van der Waals surface area contributed by atoms with Gasteiger partial charge < -0.3 is 15.6 Å². The fourth-order valence-electron chi connectivity index (χ4n) is 3.40. The maximum absolute atomic E-state index is 13.0. The molecule has 0 radical (unpaired) electrons. The van der Waals surface area contributed by atoms with Crippen molar-refractivity contribution in [3.05, 3.63) is 74.7 Å². The van der Waals surface area contributed by atoms with E-state index in [-0.39, 0.29) is 18.0 Å². The molecule has 3 N–H and O–H groups in total. The first-order valence-electron chi connectivity index (χ1n) is 9.95. The molecule has 0 fully saturated rings. The molecule has 0 aliphatic carbocycles. The maximum atomic E-state index is 13.0. The van der Waals surface area contributed by atoms with Gasteiger partial charge in [0.25, 0.3) is 11.5 Å². The summed E-state index contributed by atoms with van der Waals surface area (Å²) in [5.74, 6) is 0.454. The number of rotatable bonds is 6. The molecule has 1 aromatic carbocycles. The molecule has 0 saturated heterocycles. The van der Waals surface area contributed by atoms with Crippen LogP contribution in [0.2, 0.25) is 0 Å². The molecular weight excluding hydrogens is 378 g/mol. The smallest absolute Gasteiger partial charge is 0.253 e. The van der Waals surface area contributed by atoms with E-state index in [1.807, 2.05) is 52.8 Å². The first-order chi connectivity index (χ1) is 14.3. The number of anilines is 1. The van der Waals surface area contributed by atoms with E-state index in [2.05, 4.69) is 25.6 Å². The lowest BCUT2D eigenvalue weighted by Gasteiger charge is -2.16. The Morgan fingerprint density at radius 2 is 1.73 bits per heavy atom. The summed E-state index contributed by atoms with van der Waals surface area (Å²) in [5.41, 5.74) is 5.99. The van der Waals surface area contributed by atoms with Crippen LogP contribution >= 0.6 is 0 Å². The van der Waals surface area contributed by atoms with Gasteiger partial charge >= 0.3 is 0 Å². The Kier molecular flexibility index (Phi) is 6.30. The zero-order valence-corrected chi connectivity index (χ0v) is 18.0. The lowest BCUT2D eigenvalue weighted by molar-refractivity contribution is 0.0950. The average molecular weight is 406 g/mol. The largest absolute Gasteiger partial charge is 0.385 e. The molecular formula is C23H27N5O2. The molecule has 156 valence electrons. The van der Waals surface area contributed by atoms with Crippen LogP contribution in [-0.4, -0.2) is 27.4 Å². The lowest BCUT2D eigenvalue weighted by Crippen LogP contribution is -2.28. The standard InChI is InChI=1S/C23H27N5O2/c1-6-24-21-9-17(18-10-25-16(5)26-11-18)8-19(15(21)4)22(29)27-12-20-13(2)7-14(3)28-23(20)30/h7-11,24H,6,12H2,1-5H3,(H,27,29)(H,28,30). The third-order valence-electron chi connectivity index (χ3n) is 5.05. The summed E-state index contributed by atoms with van der Waals surface area (Å²) in [4.78, 5) is 36.6. The summed E-state index contributed by atoms with van der Waals surface area (Å²) in [5, 5.41) is 6.21.